The number of unbranched alkanes of at least 4 members (excludes halogenated alkanes) is 1. The molecule has 1 heterocycles. The van der Waals surface area contributed by atoms with Gasteiger partial charge >= 0.3 is 0 Å². The minimum absolute atomic E-state index is 0.639. The number of guanidine groups is 1. The lowest BCUT2D eigenvalue weighted by Crippen LogP contribution is -2.41. The van der Waals surface area contributed by atoms with Gasteiger partial charge in [-0.3, -0.25) is 4.99 Å². The molecule has 1 aliphatic rings. The Kier molecular flexibility index (Phi) is 8.63. The molecule has 112 valence electrons. The lowest BCUT2D eigenvalue weighted by atomic mass is 9.99. The highest BCUT2D eigenvalue weighted by molar-refractivity contribution is 5.79. The highest BCUT2D eigenvalue weighted by atomic mass is 16.5. The quantitative estimate of drug-likeness (QED) is 0.525. The van der Waals surface area contributed by atoms with E-state index < -0.39 is 0 Å². The van der Waals surface area contributed by atoms with Crippen LogP contribution in [0.2, 0.25) is 0 Å². The SMILES string of the molecule is CCCCC(CC)CNC(=NC)NCC1CCOC1. The average molecular weight is 269 g/mol. The van der Waals surface area contributed by atoms with Crippen molar-refractivity contribution in [3.05, 3.63) is 0 Å². The smallest absolute Gasteiger partial charge is 0.190 e. The molecule has 0 amide bonds. The molecule has 2 unspecified atom stereocenters. The number of nitrogens with one attached hydrogen (secondary N) is 2. The summed E-state index contributed by atoms with van der Waals surface area (Å²) in [6.07, 6.45) is 6.32. The topological polar surface area (TPSA) is 45.7 Å². The predicted octanol–water partition coefficient (Wildman–Crippen LogP) is 2.40. The summed E-state index contributed by atoms with van der Waals surface area (Å²) in [5, 5.41) is 6.86. The van der Waals surface area contributed by atoms with Gasteiger partial charge in [-0.05, 0) is 18.8 Å². The number of nitrogens with zero attached hydrogens (tertiary/aromatic N) is 1. The summed E-state index contributed by atoms with van der Waals surface area (Å²) < 4.78 is 5.38. The molecule has 2 atom stereocenters. The number of rotatable bonds is 8. The number of hydrogen-bond donors (Lipinski definition) is 2. The summed E-state index contributed by atoms with van der Waals surface area (Å²) in [5.41, 5.74) is 0. The molecule has 0 bridgehead atoms. The molecule has 0 aromatic carbocycles. The van der Waals surface area contributed by atoms with Crippen molar-refractivity contribution in [2.75, 3.05) is 33.4 Å². The molecule has 2 N–H and O–H groups in total. The fourth-order valence-electron chi connectivity index (χ4n) is 2.39. The first-order chi connectivity index (χ1) is 9.30. The molecule has 0 radical (unpaired) electrons. The Balaban J connectivity index is 2.19. The summed E-state index contributed by atoms with van der Waals surface area (Å²) in [4.78, 5) is 4.29. The van der Waals surface area contributed by atoms with Gasteiger partial charge < -0.3 is 15.4 Å². The van der Waals surface area contributed by atoms with E-state index in [4.69, 9.17) is 4.74 Å². The Morgan fingerprint density at radius 3 is 2.79 bits per heavy atom. The van der Waals surface area contributed by atoms with E-state index in [1.807, 2.05) is 7.05 Å². The molecule has 19 heavy (non-hydrogen) atoms. The second kappa shape index (κ2) is 10.1. The Bertz CT molecular complexity index is 250. The molecule has 0 spiro atoms. The van der Waals surface area contributed by atoms with Gasteiger partial charge in [0.1, 0.15) is 0 Å². The summed E-state index contributed by atoms with van der Waals surface area (Å²) in [5.74, 6) is 2.33. The summed E-state index contributed by atoms with van der Waals surface area (Å²) >= 11 is 0. The Hall–Kier alpha value is -0.770. The molecule has 4 nitrogen and oxygen atoms in total. The van der Waals surface area contributed by atoms with E-state index in [1.54, 1.807) is 0 Å². The van der Waals surface area contributed by atoms with Crippen LogP contribution in [0.5, 0.6) is 0 Å². The molecule has 0 aliphatic carbocycles. The van der Waals surface area contributed by atoms with Gasteiger partial charge in [-0.1, -0.05) is 33.1 Å². The van der Waals surface area contributed by atoms with E-state index in [-0.39, 0.29) is 0 Å². The zero-order chi connectivity index (χ0) is 13.9. The zero-order valence-electron chi connectivity index (χ0n) is 12.9. The standard InChI is InChI=1S/C15H31N3O/c1-4-6-7-13(5-2)10-17-15(16-3)18-11-14-8-9-19-12-14/h13-14H,4-12H2,1-3H3,(H2,16,17,18). The molecular formula is C15H31N3O. The molecule has 0 saturated carbocycles. The molecule has 4 heteroatoms. The van der Waals surface area contributed by atoms with Crippen LogP contribution in [0.15, 0.2) is 4.99 Å². The van der Waals surface area contributed by atoms with Crippen LogP contribution >= 0.6 is 0 Å². The highest BCUT2D eigenvalue weighted by Gasteiger charge is 2.15. The number of aliphatic imine (C=N–C) groups is 1. The van der Waals surface area contributed by atoms with Crippen LogP contribution < -0.4 is 10.6 Å². The minimum atomic E-state index is 0.639. The molecule has 0 aromatic rings. The molecular weight excluding hydrogens is 238 g/mol. The van der Waals surface area contributed by atoms with Crippen LogP contribution in [-0.4, -0.2) is 39.3 Å². The lowest BCUT2D eigenvalue weighted by Gasteiger charge is -2.19. The number of ether oxygens (including phenoxy) is 1. The van der Waals surface area contributed by atoms with E-state index in [0.717, 1.165) is 44.6 Å². The van der Waals surface area contributed by atoms with Crippen molar-refractivity contribution < 1.29 is 4.74 Å². The van der Waals surface area contributed by atoms with Gasteiger partial charge in [0.15, 0.2) is 5.96 Å². The second-order valence-corrected chi connectivity index (χ2v) is 5.48. The van der Waals surface area contributed by atoms with E-state index in [0.29, 0.717) is 5.92 Å². The third-order valence-corrected chi connectivity index (χ3v) is 3.91. The van der Waals surface area contributed by atoms with Crippen molar-refractivity contribution in [2.24, 2.45) is 16.8 Å². The van der Waals surface area contributed by atoms with Gasteiger partial charge in [-0.2, -0.15) is 0 Å². The monoisotopic (exact) mass is 269 g/mol. The molecule has 1 rings (SSSR count). The fourth-order valence-corrected chi connectivity index (χ4v) is 2.39. The third-order valence-electron chi connectivity index (χ3n) is 3.91. The summed E-state index contributed by atoms with van der Waals surface area (Å²) in [6.45, 7) is 8.31. The van der Waals surface area contributed by atoms with Crippen LogP contribution in [0.1, 0.15) is 46.0 Å². The Morgan fingerprint density at radius 1 is 1.37 bits per heavy atom. The van der Waals surface area contributed by atoms with Gasteiger partial charge in [-0.25, -0.2) is 0 Å². The Morgan fingerprint density at radius 2 is 2.21 bits per heavy atom. The third kappa shape index (κ3) is 6.81. The van der Waals surface area contributed by atoms with Crippen molar-refractivity contribution in [3.8, 4) is 0 Å². The van der Waals surface area contributed by atoms with Gasteiger partial charge in [0.05, 0.1) is 6.61 Å². The van der Waals surface area contributed by atoms with Crippen molar-refractivity contribution in [3.63, 3.8) is 0 Å². The van der Waals surface area contributed by atoms with Crippen LogP contribution in [0, 0.1) is 11.8 Å². The molecule has 1 aliphatic heterocycles. The molecule has 1 saturated heterocycles. The van der Waals surface area contributed by atoms with Crippen molar-refractivity contribution >= 4 is 5.96 Å². The van der Waals surface area contributed by atoms with E-state index in [1.165, 1.54) is 25.7 Å². The van der Waals surface area contributed by atoms with E-state index in [9.17, 15) is 0 Å². The Labute approximate surface area is 118 Å². The first kappa shape index (κ1) is 16.3. The van der Waals surface area contributed by atoms with Crippen LogP contribution in [0.3, 0.4) is 0 Å². The van der Waals surface area contributed by atoms with Gasteiger partial charge in [0.2, 0.25) is 0 Å². The maximum absolute atomic E-state index is 5.38. The van der Waals surface area contributed by atoms with Gasteiger partial charge in [-0.15, -0.1) is 0 Å². The van der Waals surface area contributed by atoms with Crippen LogP contribution in [0.25, 0.3) is 0 Å². The first-order valence-electron chi connectivity index (χ1n) is 7.82. The molecule has 1 fully saturated rings. The highest BCUT2D eigenvalue weighted by Crippen LogP contribution is 2.12. The van der Waals surface area contributed by atoms with Crippen molar-refractivity contribution in [1.82, 2.24) is 10.6 Å². The number of hydrogen-bond acceptors (Lipinski definition) is 2. The van der Waals surface area contributed by atoms with Crippen LogP contribution in [0.4, 0.5) is 0 Å². The zero-order valence-corrected chi connectivity index (χ0v) is 12.9. The summed E-state index contributed by atoms with van der Waals surface area (Å²) in [6, 6.07) is 0. The molecule has 0 aromatic heterocycles. The van der Waals surface area contributed by atoms with E-state index in [2.05, 4.69) is 29.5 Å². The first-order valence-corrected chi connectivity index (χ1v) is 7.82. The van der Waals surface area contributed by atoms with Gasteiger partial charge in [0, 0.05) is 32.7 Å². The second-order valence-electron chi connectivity index (χ2n) is 5.48. The van der Waals surface area contributed by atoms with Gasteiger partial charge in [0.25, 0.3) is 0 Å². The van der Waals surface area contributed by atoms with E-state index >= 15 is 0 Å². The summed E-state index contributed by atoms with van der Waals surface area (Å²) in [7, 11) is 1.84. The average Bonchev–Trinajstić information content (AvgIpc) is 2.95. The predicted molar refractivity (Wildman–Crippen MR) is 81.6 cm³/mol. The van der Waals surface area contributed by atoms with Crippen molar-refractivity contribution in [2.45, 2.75) is 46.0 Å². The van der Waals surface area contributed by atoms with Crippen LogP contribution in [-0.2, 0) is 4.74 Å². The minimum Gasteiger partial charge on any atom is -0.381 e. The lowest BCUT2D eigenvalue weighted by molar-refractivity contribution is 0.186. The van der Waals surface area contributed by atoms with Crippen molar-refractivity contribution in [1.29, 1.82) is 0 Å². The fraction of sp³-hybridized carbons (Fsp3) is 0.933. The normalized spacial score (nSPS) is 21.4. The maximum atomic E-state index is 5.38. The largest absolute Gasteiger partial charge is 0.381 e. The maximum Gasteiger partial charge on any atom is 0.190 e.